The minimum absolute atomic E-state index is 0.00171. The average Bonchev–Trinajstić information content (AvgIpc) is 3.32. The molecule has 1 aromatic heterocycles. The second kappa shape index (κ2) is 24.6. The molecule has 0 aliphatic carbocycles. The van der Waals surface area contributed by atoms with Crippen molar-refractivity contribution >= 4 is 29.5 Å². The molecule has 0 spiro atoms. The maximum Gasteiger partial charge on any atom is 0.255 e. The van der Waals surface area contributed by atoms with Crippen LogP contribution in [0.4, 0.5) is 0 Å². The quantitative estimate of drug-likeness (QED) is 0.0666. The lowest BCUT2D eigenvalue weighted by Crippen LogP contribution is -2.56. The van der Waals surface area contributed by atoms with Crippen LogP contribution in [0.5, 0.6) is 17.2 Å². The van der Waals surface area contributed by atoms with Crippen LogP contribution in [0.1, 0.15) is 78.9 Å². The van der Waals surface area contributed by atoms with Crippen LogP contribution in [0.25, 0.3) is 22.5 Å². The number of rotatable bonds is 19. The molecule has 0 radical (unpaired) electrons. The van der Waals surface area contributed by atoms with Crippen LogP contribution in [0.3, 0.4) is 0 Å². The number of hydrogen-bond acceptors (Lipinski definition) is 14. The van der Waals surface area contributed by atoms with Crippen molar-refractivity contribution in [3.8, 4) is 45.8 Å². The van der Waals surface area contributed by atoms with Gasteiger partial charge in [-0.05, 0) is 106 Å². The van der Waals surface area contributed by atoms with Gasteiger partial charge in [0.15, 0.2) is 5.82 Å². The number of carbonyl (C=O) groups excluding carboxylic acids is 5. The van der Waals surface area contributed by atoms with E-state index in [0.29, 0.717) is 51.0 Å². The number of aromatic nitrogens is 2. The maximum atomic E-state index is 14.7. The lowest BCUT2D eigenvalue weighted by Gasteiger charge is -2.32. The Kier molecular flexibility index (Phi) is 18.7. The molecule has 0 saturated carbocycles. The number of nitrogens with two attached hydrogens (primary N) is 3. The molecule has 10 N–H and O–H groups in total. The summed E-state index contributed by atoms with van der Waals surface area (Å²) < 4.78 is 18.3. The van der Waals surface area contributed by atoms with E-state index >= 15 is 0 Å². The number of carbonyl (C=O) groups is 5. The van der Waals surface area contributed by atoms with Crippen molar-refractivity contribution in [2.45, 2.75) is 90.6 Å². The fourth-order valence-electron chi connectivity index (χ4n) is 7.86. The third-order valence-electron chi connectivity index (χ3n) is 11.4. The Morgan fingerprint density at radius 3 is 2.07 bits per heavy atom. The van der Waals surface area contributed by atoms with E-state index in [1.807, 2.05) is 30.3 Å². The lowest BCUT2D eigenvalue weighted by molar-refractivity contribution is -0.141. The molecule has 1 aliphatic heterocycles. The monoisotopic (exact) mass is 933 g/mol. The van der Waals surface area contributed by atoms with Gasteiger partial charge in [-0.1, -0.05) is 26.0 Å². The SMILES string of the molecule is CCC(CC)Oc1ccc(-c2nc(C)c(C(=O)NC(CCN)C(=O)N(C)C3C(=O)NC(C)C(=O)NC(C(=O)NCC#N)Cc4ccc(OCCN)c(c4)-c4cc3ccc4OCCN)c(C)n2)cc1. The second-order valence-corrected chi connectivity index (χ2v) is 16.4. The summed E-state index contributed by atoms with van der Waals surface area (Å²) >= 11 is 0. The molecule has 362 valence electrons. The maximum absolute atomic E-state index is 14.7. The Morgan fingerprint density at radius 1 is 0.868 bits per heavy atom. The van der Waals surface area contributed by atoms with Crippen LogP contribution in [0, 0.1) is 25.2 Å². The van der Waals surface area contributed by atoms with Crippen molar-refractivity contribution in [2.75, 3.05) is 46.4 Å². The van der Waals surface area contributed by atoms with E-state index in [9.17, 15) is 29.2 Å². The summed E-state index contributed by atoms with van der Waals surface area (Å²) in [5, 5.41) is 19.9. The first kappa shape index (κ1) is 51.8. The lowest BCUT2D eigenvalue weighted by atomic mass is 9.93. The van der Waals surface area contributed by atoms with Crippen LogP contribution >= 0.6 is 0 Å². The smallest absolute Gasteiger partial charge is 0.255 e. The fraction of sp³-hybridized carbons (Fsp3) is 0.429. The van der Waals surface area contributed by atoms with E-state index in [1.54, 1.807) is 50.2 Å². The first-order valence-corrected chi connectivity index (χ1v) is 22.8. The highest BCUT2D eigenvalue weighted by Gasteiger charge is 2.36. The zero-order valence-corrected chi connectivity index (χ0v) is 39.5. The van der Waals surface area contributed by atoms with Gasteiger partial charge in [-0.25, -0.2) is 9.97 Å². The molecule has 4 atom stereocenters. The predicted molar refractivity (Wildman–Crippen MR) is 255 cm³/mol. The molecule has 3 aromatic carbocycles. The number of nitriles is 1. The standard InChI is InChI=1S/C49H63N11O8/c1-7-34(8-2)68-35-13-10-32(11-14-35)44-55-28(3)42(29(4)56-44)47(63)58-38(17-18-50)49(65)60(6)43-33-12-16-41(67-24-21-53)37(27-33)36-25-31(9-15-40(36)66-23-20-52)26-39(46(62)54-22-19-51)59-45(61)30(5)57-48(43)64/h9-16,25,27,30,34,38-39,43H,7-8,17-18,20-24,26,50,52-53H2,1-6H3,(H,54,62)(H,57,64)(H,58,63)(H,59,61). The van der Waals surface area contributed by atoms with E-state index < -0.39 is 53.7 Å². The van der Waals surface area contributed by atoms with Gasteiger partial charge < -0.3 is 57.6 Å². The van der Waals surface area contributed by atoms with E-state index in [4.69, 9.17) is 31.4 Å². The summed E-state index contributed by atoms with van der Waals surface area (Å²) in [6, 6.07) is 14.4. The zero-order chi connectivity index (χ0) is 49.5. The molecule has 0 saturated heterocycles. The molecule has 4 aromatic rings. The number of aryl methyl sites for hydroxylation is 2. The number of ether oxygens (including phenoxy) is 3. The van der Waals surface area contributed by atoms with Crippen LogP contribution in [-0.4, -0.2) is 115 Å². The van der Waals surface area contributed by atoms with Crippen molar-refractivity contribution in [3.63, 3.8) is 0 Å². The molecule has 0 fully saturated rings. The Morgan fingerprint density at radius 2 is 1.49 bits per heavy atom. The van der Waals surface area contributed by atoms with Crippen LogP contribution in [0.15, 0.2) is 60.7 Å². The molecular weight excluding hydrogens is 871 g/mol. The van der Waals surface area contributed by atoms with Crippen molar-refractivity contribution < 1.29 is 38.2 Å². The number of hydrogen-bond donors (Lipinski definition) is 7. The molecule has 1 aliphatic rings. The Hall–Kier alpha value is -7.14. The molecule has 68 heavy (non-hydrogen) atoms. The van der Waals surface area contributed by atoms with Gasteiger partial charge in [-0.3, -0.25) is 24.0 Å². The average molecular weight is 934 g/mol. The van der Waals surface area contributed by atoms with Gasteiger partial charge >= 0.3 is 0 Å². The summed E-state index contributed by atoms with van der Waals surface area (Å²) in [6.07, 6.45) is 1.85. The first-order valence-electron chi connectivity index (χ1n) is 22.8. The topological polar surface area (TPSA) is 292 Å². The summed E-state index contributed by atoms with van der Waals surface area (Å²) in [5.41, 5.74) is 21.2. The third-order valence-corrected chi connectivity index (χ3v) is 11.4. The molecule has 2 heterocycles. The van der Waals surface area contributed by atoms with Gasteiger partial charge in [0.1, 0.15) is 61.2 Å². The van der Waals surface area contributed by atoms with Crippen LogP contribution in [-0.2, 0) is 25.6 Å². The summed E-state index contributed by atoms with van der Waals surface area (Å²) in [5.74, 6) is -1.48. The number of amides is 5. The molecule has 19 nitrogen and oxygen atoms in total. The highest BCUT2D eigenvalue weighted by atomic mass is 16.5. The van der Waals surface area contributed by atoms with E-state index in [0.717, 1.165) is 24.2 Å². The molecule has 5 rings (SSSR count). The molecule has 5 amide bonds. The Balaban J connectivity index is 1.54. The van der Waals surface area contributed by atoms with Crippen LogP contribution in [0.2, 0.25) is 0 Å². The normalized spacial score (nSPS) is 16.3. The largest absolute Gasteiger partial charge is 0.492 e. The van der Waals surface area contributed by atoms with Crippen molar-refractivity contribution in [3.05, 3.63) is 88.7 Å². The minimum Gasteiger partial charge on any atom is -0.492 e. The van der Waals surface area contributed by atoms with Gasteiger partial charge in [0, 0.05) is 43.2 Å². The number of nitrogens with zero attached hydrogens (tertiary/aromatic N) is 4. The van der Waals surface area contributed by atoms with E-state index in [1.165, 1.54) is 18.9 Å². The van der Waals surface area contributed by atoms with E-state index in [-0.39, 0.29) is 63.9 Å². The first-order chi connectivity index (χ1) is 32.7. The molecular formula is C49H63N11O8. The highest BCUT2D eigenvalue weighted by Crippen LogP contribution is 2.40. The number of benzene rings is 3. The van der Waals surface area contributed by atoms with Gasteiger partial charge in [-0.15, -0.1) is 0 Å². The third kappa shape index (κ3) is 12.8. The molecule has 19 heteroatoms. The number of nitrogens with one attached hydrogen (secondary N) is 4. The molecule has 4 unspecified atom stereocenters. The summed E-state index contributed by atoms with van der Waals surface area (Å²) in [7, 11) is 1.41. The summed E-state index contributed by atoms with van der Waals surface area (Å²) in [4.78, 5) is 81.1. The summed E-state index contributed by atoms with van der Waals surface area (Å²) in [6.45, 7) is 9.29. The van der Waals surface area contributed by atoms with Gasteiger partial charge in [0.25, 0.3) is 5.91 Å². The second-order valence-electron chi connectivity index (χ2n) is 16.4. The predicted octanol–water partition coefficient (Wildman–Crippen LogP) is 2.50. The molecule has 4 bridgehead atoms. The number of fused-ring (bicyclic) bond motifs is 5. The van der Waals surface area contributed by atoms with E-state index in [2.05, 4.69) is 45.1 Å². The van der Waals surface area contributed by atoms with Crippen LogP contribution < -0.4 is 52.7 Å². The Labute approximate surface area is 396 Å². The van der Waals surface area contributed by atoms with Crippen molar-refractivity contribution in [1.82, 2.24) is 36.1 Å². The van der Waals surface area contributed by atoms with Gasteiger partial charge in [0.05, 0.1) is 29.1 Å². The van der Waals surface area contributed by atoms with Gasteiger partial charge in [-0.2, -0.15) is 5.26 Å². The minimum atomic E-state index is -1.41. The Bertz CT molecular complexity index is 2450. The zero-order valence-electron chi connectivity index (χ0n) is 39.5. The van der Waals surface area contributed by atoms with Crippen molar-refractivity contribution in [2.24, 2.45) is 17.2 Å². The van der Waals surface area contributed by atoms with Gasteiger partial charge in [0.2, 0.25) is 23.6 Å². The fourth-order valence-corrected chi connectivity index (χ4v) is 7.86. The van der Waals surface area contributed by atoms with Crippen molar-refractivity contribution in [1.29, 1.82) is 5.26 Å². The highest BCUT2D eigenvalue weighted by molar-refractivity contribution is 6.00. The number of likely N-dealkylation sites (N-methyl/N-ethyl adjacent to an activating group) is 1.